The zero-order valence-corrected chi connectivity index (χ0v) is 10.2. The number of nitrogens with zero attached hydrogens (tertiary/aromatic N) is 1. The Morgan fingerprint density at radius 3 is 2.57 bits per heavy atom. The first-order valence-corrected chi connectivity index (χ1v) is 5.89. The highest BCUT2D eigenvalue weighted by atomic mass is 15.2. The molecule has 1 heteroatoms. The first-order chi connectivity index (χ1) is 6.50. The van der Waals surface area contributed by atoms with Crippen LogP contribution in [0.1, 0.15) is 40.5 Å². The predicted octanol–water partition coefficient (Wildman–Crippen LogP) is 3.32. The monoisotopic (exact) mass is 195 g/mol. The smallest absolute Gasteiger partial charge is 0.00387 e. The molecule has 1 saturated heterocycles. The molecule has 0 aromatic heterocycles. The molecule has 1 aliphatic heterocycles. The van der Waals surface area contributed by atoms with Gasteiger partial charge in [0, 0.05) is 12.6 Å². The highest BCUT2D eigenvalue weighted by Gasteiger charge is 2.26. The SMILES string of the molecule is C=C(C)C[C@@H]1CCN(C(C)C)C[C@H]1C. The molecule has 0 aliphatic carbocycles. The van der Waals surface area contributed by atoms with Crippen LogP contribution in [0.15, 0.2) is 12.2 Å². The van der Waals surface area contributed by atoms with Crippen LogP contribution in [0.5, 0.6) is 0 Å². The van der Waals surface area contributed by atoms with Crippen LogP contribution in [0.25, 0.3) is 0 Å². The Bertz CT molecular complexity index is 195. The number of hydrogen-bond donors (Lipinski definition) is 0. The van der Waals surface area contributed by atoms with Gasteiger partial charge < -0.3 is 4.90 Å². The Balaban J connectivity index is 2.43. The minimum Gasteiger partial charge on any atom is -0.301 e. The van der Waals surface area contributed by atoms with E-state index in [-0.39, 0.29) is 0 Å². The van der Waals surface area contributed by atoms with E-state index in [1.807, 2.05) is 0 Å². The van der Waals surface area contributed by atoms with Crippen molar-refractivity contribution in [1.82, 2.24) is 4.90 Å². The van der Waals surface area contributed by atoms with Gasteiger partial charge in [0.25, 0.3) is 0 Å². The van der Waals surface area contributed by atoms with Gasteiger partial charge in [0.15, 0.2) is 0 Å². The number of rotatable bonds is 3. The van der Waals surface area contributed by atoms with Gasteiger partial charge in [-0.15, -0.1) is 6.58 Å². The summed E-state index contributed by atoms with van der Waals surface area (Å²) in [6.07, 6.45) is 2.58. The lowest BCUT2D eigenvalue weighted by molar-refractivity contribution is 0.102. The summed E-state index contributed by atoms with van der Waals surface area (Å²) < 4.78 is 0. The average Bonchev–Trinajstić information content (AvgIpc) is 2.07. The van der Waals surface area contributed by atoms with Gasteiger partial charge in [-0.05, 0) is 52.0 Å². The fourth-order valence-corrected chi connectivity index (χ4v) is 2.45. The maximum absolute atomic E-state index is 4.02. The van der Waals surface area contributed by atoms with Crippen molar-refractivity contribution in [3.8, 4) is 0 Å². The van der Waals surface area contributed by atoms with Gasteiger partial charge in [-0.25, -0.2) is 0 Å². The minimum absolute atomic E-state index is 0.711. The summed E-state index contributed by atoms with van der Waals surface area (Å²) in [7, 11) is 0. The standard InChI is InChI=1S/C13H25N/c1-10(2)8-13-6-7-14(11(3)4)9-12(13)5/h11-13H,1,6-9H2,2-5H3/t12-,13+/m1/s1. The van der Waals surface area contributed by atoms with Crippen molar-refractivity contribution in [2.75, 3.05) is 13.1 Å². The molecule has 0 bridgehead atoms. The van der Waals surface area contributed by atoms with Gasteiger partial charge in [-0.3, -0.25) is 0 Å². The Morgan fingerprint density at radius 1 is 1.50 bits per heavy atom. The Morgan fingerprint density at radius 2 is 2.14 bits per heavy atom. The molecule has 0 N–H and O–H groups in total. The molecule has 0 saturated carbocycles. The molecule has 0 amide bonds. The molecule has 2 atom stereocenters. The van der Waals surface area contributed by atoms with Crippen LogP contribution in [0.2, 0.25) is 0 Å². The zero-order chi connectivity index (χ0) is 10.7. The van der Waals surface area contributed by atoms with Crippen molar-refractivity contribution in [3.05, 3.63) is 12.2 Å². The van der Waals surface area contributed by atoms with E-state index in [4.69, 9.17) is 0 Å². The van der Waals surface area contributed by atoms with E-state index in [0.29, 0.717) is 6.04 Å². The molecule has 1 heterocycles. The predicted molar refractivity (Wildman–Crippen MR) is 63.4 cm³/mol. The molecule has 14 heavy (non-hydrogen) atoms. The summed E-state index contributed by atoms with van der Waals surface area (Å²) in [6, 6.07) is 0.711. The third kappa shape index (κ3) is 3.13. The molecule has 1 rings (SSSR count). The van der Waals surface area contributed by atoms with Crippen LogP contribution < -0.4 is 0 Å². The van der Waals surface area contributed by atoms with Crippen molar-refractivity contribution >= 4 is 0 Å². The average molecular weight is 195 g/mol. The van der Waals surface area contributed by atoms with E-state index in [2.05, 4.69) is 39.2 Å². The van der Waals surface area contributed by atoms with Gasteiger partial charge in [-0.1, -0.05) is 12.5 Å². The van der Waals surface area contributed by atoms with Gasteiger partial charge >= 0.3 is 0 Å². The summed E-state index contributed by atoms with van der Waals surface area (Å²) >= 11 is 0. The van der Waals surface area contributed by atoms with Crippen molar-refractivity contribution in [2.45, 2.75) is 46.6 Å². The van der Waals surface area contributed by atoms with Gasteiger partial charge in [0.1, 0.15) is 0 Å². The summed E-state index contributed by atoms with van der Waals surface area (Å²) in [5.41, 5.74) is 1.35. The number of piperidine rings is 1. The molecular formula is C13H25N. The van der Waals surface area contributed by atoms with Crippen LogP contribution in [0.3, 0.4) is 0 Å². The minimum atomic E-state index is 0.711. The third-order valence-electron chi connectivity index (χ3n) is 3.46. The topological polar surface area (TPSA) is 3.24 Å². The van der Waals surface area contributed by atoms with Gasteiger partial charge in [-0.2, -0.15) is 0 Å². The normalized spacial score (nSPS) is 29.5. The van der Waals surface area contributed by atoms with Gasteiger partial charge in [0.2, 0.25) is 0 Å². The lowest BCUT2D eigenvalue weighted by atomic mass is 9.82. The molecule has 0 spiro atoms. The first kappa shape index (κ1) is 11.8. The van der Waals surface area contributed by atoms with Crippen molar-refractivity contribution in [1.29, 1.82) is 0 Å². The number of allylic oxidation sites excluding steroid dienone is 1. The van der Waals surface area contributed by atoms with Crippen molar-refractivity contribution < 1.29 is 0 Å². The summed E-state index contributed by atoms with van der Waals surface area (Å²) in [5, 5.41) is 0. The van der Waals surface area contributed by atoms with E-state index in [1.54, 1.807) is 0 Å². The fraction of sp³-hybridized carbons (Fsp3) is 0.846. The molecule has 0 unspecified atom stereocenters. The molecule has 1 fully saturated rings. The largest absolute Gasteiger partial charge is 0.301 e. The third-order valence-corrected chi connectivity index (χ3v) is 3.46. The number of likely N-dealkylation sites (tertiary alicyclic amines) is 1. The lowest BCUT2D eigenvalue weighted by Gasteiger charge is -2.39. The lowest BCUT2D eigenvalue weighted by Crippen LogP contribution is -2.42. The molecule has 0 aromatic rings. The summed E-state index contributed by atoms with van der Waals surface area (Å²) in [5.74, 6) is 1.71. The molecule has 82 valence electrons. The van der Waals surface area contributed by atoms with E-state index >= 15 is 0 Å². The van der Waals surface area contributed by atoms with Crippen LogP contribution in [0, 0.1) is 11.8 Å². The van der Waals surface area contributed by atoms with Crippen LogP contribution >= 0.6 is 0 Å². The second-order valence-corrected chi connectivity index (χ2v) is 5.28. The van der Waals surface area contributed by atoms with E-state index in [9.17, 15) is 0 Å². The summed E-state index contributed by atoms with van der Waals surface area (Å²) in [4.78, 5) is 2.60. The quantitative estimate of drug-likeness (QED) is 0.624. The highest BCUT2D eigenvalue weighted by Crippen LogP contribution is 2.29. The second-order valence-electron chi connectivity index (χ2n) is 5.28. The van der Waals surface area contributed by atoms with Gasteiger partial charge in [0.05, 0.1) is 0 Å². The first-order valence-electron chi connectivity index (χ1n) is 5.89. The van der Waals surface area contributed by atoms with E-state index in [1.165, 1.54) is 31.5 Å². The molecule has 0 aromatic carbocycles. The van der Waals surface area contributed by atoms with E-state index in [0.717, 1.165) is 11.8 Å². The molecular weight excluding hydrogens is 170 g/mol. The maximum atomic E-state index is 4.02. The fourth-order valence-electron chi connectivity index (χ4n) is 2.45. The van der Waals surface area contributed by atoms with Crippen LogP contribution in [0.4, 0.5) is 0 Å². The van der Waals surface area contributed by atoms with Crippen LogP contribution in [-0.2, 0) is 0 Å². The Kier molecular flexibility index (Phi) is 4.18. The highest BCUT2D eigenvalue weighted by molar-refractivity contribution is 4.93. The Labute approximate surface area is 89.2 Å². The number of hydrogen-bond acceptors (Lipinski definition) is 1. The Hall–Kier alpha value is -0.300. The zero-order valence-electron chi connectivity index (χ0n) is 10.2. The second kappa shape index (κ2) is 4.97. The van der Waals surface area contributed by atoms with Crippen molar-refractivity contribution in [3.63, 3.8) is 0 Å². The molecule has 1 nitrogen and oxygen atoms in total. The molecule has 0 radical (unpaired) electrons. The molecule has 1 aliphatic rings. The van der Waals surface area contributed by atoms with Crippen molar-refractivity contribution in [2.24, 2.45) is 11.8 Å². The summed E-state index contributed by atoms with van der Waals surface area (Å²) in [6.45, 7) is 15.7. The van der Waals surface area contributed by atoms with Crippen LogP contribution in [-0.4, -0.2) is 24.0 Å². The van der Waals surface area contributed by atoms with E-state index < -0.39 is 0 Å². The maximum Gasteiger partial charge on any atom is 0.00387 e.